The number of alkyl halides is 12. The number of rotatable bonds is 10. The van der Waals surface area contributed by atoms with Gasteiger partial charge in [0.05, 0.1) is 24.2 Å². The molecule has 0 heterocycles. The maximum absolute atomic E-state index is 13.2. The fourth-order valence-corrected chi connectivity index (χ4v) is 21.4. The molecule has 200 valence electrons. The van der Waals surface area contributed by atoms with Crippen LogP contribution in [0.4, 0.5) is 52.7 Å². The minimum atomic E-state index is -5.20. The molecule has 0 amide bonds. The smallest absolute Gasteiger partial charge is 0.391 e. The van der Waals surface area contributed by atoms with Crippen LogP contribution >= 0.6 is 0 Å². The van der Waals surface area contributed by atoms with Crippen LogP contribution in [0.1, 0.15) is 0 Å². The molecule has 0 aliphatic carbocycles. The Morgan fingerprint density at radius 1 is 0.485 bits per heavy atom. The van der Waals surface area contributed by atoms with Crippen molar-refractivity contribution in [3.63, 3.8) is 0 Å². The van der Waals surface area contributed by atoms with Crippen molar-refractivity contribution >= 4 is 34.0 Å². The highest BCUT2D eigenvalue weighted by Crippen LogP contribution is 2.41. The monoisotopic (exact) mass is 584 g/mol. The second-order valence-electron chi connectivity index (χ2n) is 8.68. The van der Waals surface area contributed by atoms with Crippen molar-refractivity contribution in [2.24, 2.45) is 0 Å². The van der Waals surface area contributed by atoms with E-state index in [4.69, 9.17) is 12.3 Å². The van der Waals surface area contributed by atoms with Gasteiger partial charge in [0.1, 0.15) is 0 Å². The first kappa shape index (κ1) is 32.9. The average molecular weight is 585 g/mol. The van der Waals surface area contributed by atoms with Crippen molar-refractivity contribution in [1.82, 2.24) is 0 Å². The molecule has 1 N–H and O–H groups in total. The van der Waals surface area contributed by atoms with Gasteiger partial charge < -0.3 is 17.1 Å². The summed E-state index contributed by atoms with van der Waals surface area (Å²) in [4.78, 5) is 9.99. The normalized spacial score (nSPS) is 20.2. The summed E-state index contributed by atoms with van der Waals surface area (Å²) in [6.45, 7) is 3.32. The molecule has 0 radical (unpaired) electrons. The summed E-state index contributed by atoms with van der Waals surface area (Å²) < 4.78 is 170. The van der Waals surface area contributed by atoms with Gasteiger partial charge in [-0.15, -0.1) is 0 Å². The van der Waals surface area contributed by atoms with Gasteiger partial charge in [-0.3, -0.25) is 0 Å². The number of hydrogen-bond acceptors (Lipinski definition) is 4. The summed E-state index contributed by atoms with van der Waals surface area (Å²) in [5.74, 6) is 0. The van der Waals surface area contributed by atoms with E-state index in [1.165, 1.54) is 0 Å². The van der Waals surface area contributed by atoms with Crippen molar-refractivity contribution in [2.75, 3.05) is 0 Å². The fourth-order valence-electron chi connectivity index (χ4n) is 3.35. The van der Waals surface area contributed by atoms with Crippen LogP contribution in [0.3, 0.4) is 0 Å². The van der Waals surface area contributed by atoms with E-state index in [1.54, 1.807) is 0 Å². The average Bonchev–Trinajstić information content (AvgIpc) is 2.20. The van der Waals surface area contributed by atoms with Crippen LogP contribution in [-0.4, -0.2) is 63.5 Å². The number of halogens is 12. The lowest BCUT2D eigenvalue weighted by Gasteiger charge is -2.43. The maximum Gasteiger partial charge on any atom is 0.391 e. The van der Waals surface area contributed by atoms with Crippen molar-refractivity contribution < 1.29 is 69.8 Å². The topological polar surface area (TPSA) is 47.9 Å². The first-order chi connectivity index (χ1) is 13.9. The third-order valence-electron chi connectivity index (χ3n) is 3.56. The molecule has 0 fully saturated rings. The molecule has 0 aromatic rings. The first-order valence-corrected chi connectivity index (χ1v) is 19.8. The third-order valence-corrected chi connectivity index (χ3v) is 18.8. The second-order valence-corrected chi connectivity index (χ2v) is 22.9. The molecule has 20 heteroatoms. The zero-order chi connectivity index (χ0) is 26.9. The minimum Gasteiger partial charge on any atom is -0.436 e. The van der Waals surface area contributed by atoms with E-state index in [0.29, 0.717) is 19.6 Å². The minimum absolute atomic E-state index is 0.483. The molecule has 0 aliphatic rings. The summed E-state index contributed by atoms with van der Waals surface area (Å²) in [5.41, 5.74) is 0. The highest BCUT2D eigenvalue weighted by atomic mass is 28.5. The van der Waals surface area contributed by atoms with E-state index in [0.717, 1.165) is 13.1 Å². The molecule has 0 saturated heterocycles. The van der Waals surface area contributed by atoms with Crippen LogP contribution in [0.5, 0.6) is 0 Å². The van der Waals surface area contributed by atoms with E-state index < -0.39 is 82.9 Å². The summed E-state index contributed by atoms with van der Waals surface area (Å²) >= 11 is 0. The van der Waals surface area contributed by atoms with Crippen LogP contribution in [0, 0.1) is 0 Å². The van der Waals surface area contributed by atoms with Crippen molar-refractivity contribution in [3.05, 3.63) is 0 Å². The van der Waals surface area contributed by atoms with Crippen LogP contribution in [0.15, 0.2) is 0 Å². The Hall–Kier alpha value is -0.132. The van der Waals surface area contributed by atoms with Gasteiger partial charge >= 0.3 is 50.4 Å². The van der Waals surface area contributed by atoms with E-state index in [-0.39, 0.29) is 0 Å². The van der Waals surface area contributed by atoms with Gasteiger partial charge in [-0.25, -0.2) is 0 Å². The molecule has 0 saturated carbocycles. The lowest BCUT2D eigenvalue weighted by Crippen LogP contribution is -2.62. The standard InChI is InChI=1S/C13H24F12O4Si4/c1-30(2,6-10(14,15)16)27-32(4,8-12(20,21)22)29-33(5,9-13(23,24)25)28-31(3,26)7-11(17,18)19/h26H,6-9H2,1-5H3. The summed E-state index contributed by atoms with van der Waals surface area (Å²) in [6.07, 6.45) is -20.3. The number of hydrogen-bond donors (Lipinski definition) is 1. The molecular formula is C13H24F12O4Si4. The molecule has 0 aliphatic heterocycles. The SMILES string of the molecule is C[Si](C)(CC(F)(F)F)O[Si](C)(CC(F)(F)F)O[Si](C)(CC(F)(F)F)O[Si](C)(O)CC(F)(F)F. The Morgan fingerprint density at radius 2 is 0.788 bits per heavy atom. The first-order valence-electron chi connectivity index (χ1n) is 9.04. The molecule has 0 rings (SSSR count). The van der Waals surface area contributed by atoms with Gasteiger partial charge in [-0.2, -0.15) is 52.7 Å². The van der Waals surface area contributed by atoms with Gasteiger partial charge in [0.15, 0.2) is 8.32 Å². The molecule has 0 aromatic carbocycles. The highest BCUT2D eigenvalue weighted by molar-refractivity contribution is 6.89. The van der Waals surface area contributed by atoms with Crippen LogP contribution in [0.25, 0.3) is 0 Å². The Labute approximate surface area is 186 Å². The molecule has 33 heavy (non-hydrogen) atoms. The largest absolute Gasteiger partial charge is 0.436 e. The summed E-state index contributed by atoms with van der Waals surface area (Å²) in [7, 11) is -19.2. The molecule has 0 spiro atoms. The lowest BCUT2D eigenvalue weighted by atomic mass is 10.8. The van der Waals surface area contributed by atoms with Gasteiger partial charge in [0.25, 0.3) is 0 Å². The molecular weight excluding hydrogens is 560 g/mol. The predicted octanol–water partition coefficient (Wildman–Crippen LogP) is 6.70. The molecule has 0 aromatic heterocycles. The van der Waals surface area contributed by atoms with E-state index in [9.17, 15) is 57.5 Å². The Balaban J connectivity index is 6.27. The zero-order valence-corrected chi connectivity index (χ0v) is 22.0. The van der Waals surface area contributed by atoms with Crippen LogP contribution in [0.2, 0.25) is 56.9 Å². The fraction of sp³-hybridized carbons (Fsp3) is 1.00. The Bertz CT molecular complexity index is 595. The predicted molar refractivity (Wildman–Crippen MR) is 101 cm³/mol. The van der Waals surface area contributed by atoms with Gasteiger partial charge in [-0.1, -0.05) is 0 Å². The zero-order valence-electron chi connectivity index (χ0n) is 18.0. The van der Waals surface area contributed by atoms with Crippen LogP contribution in [-0.2, 0) is 12.3 Å². The van der Waals surface area contributed by atoms with E-state index in [1.807, 2.05) is 0 Å². The molecule has 3 atom stereocenters. The van der Waals surface area contributed by atoms with Gasteiger partial charge in [-0.05, 0) is 32.7 Å². The molecule has 0 bridgehead atoms. The quantitative estimate of drug-likeness (QED) is 0.229. The van der Waals surface area contributed by atoms with Gasteiger partial charge in [0.2, 0.25) is 0 Å². The maximum atomic E-state index is 13.2. The van der Waals surface area contributed by atoms with E-state index >= 15 is 0 Å². The summed E-state index contributed by atoms with van der Waals surface area (Å²) in [6, 6.07) is -7.85. The van der Waals surface area contributed by atoms with Crippen molar-refractivity contribution in [3.8, 4) is 0 Å². The summed E-state index contributed by atoms with van der Waals surface area (Å²) in [5, 5.41) is 0. The van der Waals surface area contributed by atoms with Gasteiger partial charge in [0, 0.05) is 0 Å². The molecule has 3 unspecified atom stereocenters. The lowest BCUT2D eigenvalue weighted by molar-refractivity contribution is -0.117. The second kappa shape index (κ2) is 10.1. The Morgan fingerprint density at radius 3 is 1.09 bits per heavy atom. The van der Waals surface area contributed by atoms with Crippen LogP contribution < -0.4 is 0 Å². The van der Waals surface area contributed by atoms with Crippen molar-refractivity contribution in [1.29, 1.82) is 0 Å². The third kappa shape index (κ3) is 16.2. The highest BCUT2D eigenvalue weighted by Gasteiger charge is 2.58. The molecule has 4 nitrogen and oxygen atoms in total. The van der Waals surface area contributed by atoms with Crippen molar-refractivity contribution in [2.45, 2.75) is 81.6 Å². The van der Waals surface area contributed by atoms with E-state index in [2.05, 4.69) is 0 Å². The Kier molecular flexibility index (Phi) is 10.0.